The molecule has 3 rings (SSSR count). The number of aliphatic hydroxyl groups excluding tert-OH is 12. The third-order valence-electron chi connectivity index (χ3n) is 7.64. The van der Waals surface area contributed by atoms with Crippen molar-refractivity contribution in [2.75, 3.05) is 19.8 Å². The third-order valence-corrected chi connectivity index (χ3v) is 8.63. The van der Waals surface area contributed by atoms with Gasteiger partial charge in [-0.1, -0.05) is 0 Å². The average molecular weight is 687 g/mol. The van der Waals surface area contributed by atoms with E-state index < -0.39 is 138 Å². The van der Waals surface area contributed by atoms with Crippen LogP contribution in [0.2, 0.25) is 0 Å². The van der Waals surface area contributed by atoms with Gasteiger partial charge in [0.15, 0.2) is 18.9 Å². The Morgan fingerprint density at radius 1 is 0.733 bits per heavy atom. The molecule has 3 fully saturated rings. The molecule has 0 aromatic heterocycles. The number of phosphoric ester groups is 1. The summed E-state index contributed by atoms with van der Waals surface area (Å²) in [7, 11) is -5.27. The Hall–Kier alpha value is -0.570. The van der Waals surface area contributed by atoms with Crippen molar-refractivity contribution >= 4 is 7.82 Å². The van der Waals surface area contributed by atoms with E-state index in [9.17, 15) is 70.7 Å². The first kappa shape index (κ1) is 38.9. The minimum absolute atomic E-state index is 0.800. The Balaban J connectivity index is 1.66. The maximum atomic E-state index is 12.8. The molecule has 0 aliphatic carbocycles. The Morgan fingerprint density at radius 2 is 1.31 bits per heavy atom. The number of rotatable bonds is 13. The first-order valence-corrected chi connectivity index (χ1v) is 15.4. The molecule has 1 unspecified atom stereocenters. The van der Waals surface area contributed by atoms with Gasteiger partial charge in [0, 0.05) is 0 Å². The SMILES string of the molecule is C[C@@H]1O[C@@H](O[C@H](COP(=O)(O)O[C@@H]2[C@@H](O)[C@@H](O)[C@H](O[C@H]3[C@H](O)[C@@H](O)[C@H](O)O[C@@H]3CO)O[C@H]2C)[C@H](O)[C@H](O)CO)[C@H](O)[C@H](O)[C@H]1O. The molecule has 22 heteroatoms. The van der Waals surface area contributed by atoms with Crippen molar-refractivity contribution in [2.45, 2.75) is 124 Å². The van der Waals surface area contributed by atoms with Gasteiger partial charge < -0.3 is 89.9 Å². The van der Waals surface area contributed by atoms with Gasteiger partial charge in [0.1, 0.15) is 79.4 Å². The van der Waals surface area contributed by atoms with Crippen LogP contribution in [-0.2, 0) is 37.3 Å². The Bertz CT molecular complexity index is 962. The highest BCUT2D eigenvalue weighted by Crippen LogP contribution is 2.47. The zero-order valence-corrected chi connectivity index (χ0v) is 24.9. The fourth-order valence-corrected chi connectivity index (χ4v) is 5.88. The van der Waals surface area contributed by atoms with Crippen LogP contribution in [0, 0.1) is 0 Å². The van der Waals surface area contributed by atoms with E-state index in [0.717, 1.165) is 0 Å². The van der Waals surface area contributed by atoms with Gasteiger partial charge in [-0.25, -0.2) is 4.57 Å². The molecule has 3 heterocycles. The van der Waals surface area contributed by atoms with Crippen LogP contribution in [0.5, 0.6) is 0 Å². The van der Waals surface area contributed by atoms with Crippen molar-refractivity contribution in [1.29, 1.82) is 0 Å². The highest BCUT2D eigenvalue weighted by Gasteiger charge is 2.52. The fourth-order valence-electron chi connectivity index (χ4n) is 4.88. The molecule has 0 spiro atoms. The molecule has 266 valence electrons. The lowest BCUT2D eigenvalue weighted by molar-refractivity contribution is -0.351. The van der Waals surface area contributed by atoms with E-state index in [4.69, 9.17) is 32.7 Å². The van der Waals surface area contributed by atoms with Crippen molar-refractivity contribution in [3.8, 4) is 0 Å². The predicted octanol–water partition coefficient (Wildman–Crippen LogP) is -7.30. The quantitative estimate of drug-likeness (QED) is 0.0800. The number of phosphoric acid groups is 1. The fraction of sp³-hybridized carbons (Fsp3) is 1.00. The Kier molecular flexibility index (Phi) is 14.0. The molecule has 3 saturated heterocycles. The summed E-state index contributed by atoms with van der Waals surface area (Å²) < 4.78 is 49.1. The Labute approximate surface area is 255 Å². The molecule has 45 heavy (non-hydrogen) atoms. The van der Waals surface area contributed by atoms with E-state index >= 15 is 0 Å². The van der Waals surface area contributed by atoms with Gasteiger partial charge in [0.05, 0.1) is 32.0 Å². The van der Waals surface area contributed by atoms with Gasteiger partial charge in [-0.15, -0.1) is 0 Å². The first-order valence-electron chi connectivity index (χ1n) is 13.9. The second-order valence-corrected chi connectivity index (χ2v) is 12.4. The molecule has 19 atom stereocenters. The molecule has 0 radical (unpaired) electrons. The van der Waals surface area contributed by atoms with E-state index in [-0.39, 0.29) is 0 Å². The zero-order chi connectivity index (χ0) is 34.0. The maximum absolute atomic E-state index is 12.8. The van der Waals surface area contributed by atoms with Gasteiger partial charge in [0.2, 0.25) is 0 Å². The van der Waals surface area contributed by atoms with Crippen LogP contribution in [0.15, 0.2) is 0 Å². The molecule has 0 bridgehead atoms. The standard InChI is InChI=1S/C23H43O21P/c1-6-11(27)13(29)17(33)22(39-6)42-10(12(28)8(26)3-24)5-38-45(36,37)44-19-7(2)40-23(18(34)15(19)31)43-20-9(4-25)41-21(35)16(32)14(20)30/h6-35H,3-5H2,1-2H3,(H,36,37)/t6-,7-,8+,9+,10+,11-,12+,13+,14+,15-,16+,17+,18+,19-,20+,21+,22-,23-/m0/s1. The topological polar surface area (TPSA) is 345 Å². The van der Waals surface area contributed by atoms with Crippen LogP contribution < -0.4 is 0 Å². The van der Waals surface area contributed by atoms with Crippen LogP contribution in [0.3, 0.4) is 0 Å². The number of hydrogen-bond acceptors (Lipinski definition) is 20. The summed E-state index contributed by atoms with van der Waals surface area (Å²) in [6.45, 7) is -0.350. The largest absolute Gasteiger partial charge is 0.472 e. The van der Waals surface area contributed by atoms with Crippen LogP contribution in [0.25, 0.3) is 0 Å². The molecular formula is C23H43O21P. The summed E-state index contributed by atoms with van der Waals surface area (Å²) in [6.07, 6.45) is -31.3. The van der Waals surface area contributed by atoms with Gasteiger partial charge >= 0.3 is 7.82 Å². The summed E-state index contributed by atoms with van der Waals surface area (Å²) in [6, 6.07) is 0. The molecule has 3 aliphatic heterocycles. The molecule has 3 aliphatic rings. The van der Waals surface area contributed by atoms with Gasteiger partial charge in [-0.05, 0) is 13.8 Å². The number of aliphatic hydroxyl groups is 12. The normalized spacial score (nSPS) is 46.2. The van der Waals surface area contributed by atoms with Crippen LogP contribution in [0.1, 0.15) is 13.8 Å². The van der Waals surface area contributed by atoms with Gasteiger partial charge in [-0.2, -0.15) is 0 Å². The number of hydrogen-bond donors (Lipinski definition) is 13. The average Bonchev–Trinajstić information content (AvgIpc) is 3.00. The summed E-state index contributed by atoms with van der Waals surface area (Å²) in [5.74, 6) is 0. The summed E-state index contributed by atoms with van der Waals surface area (Å²) in [5.41, 5.74) is 0. The minimum atomic E-state index is -5.27. The highest BCUT2D eigenvalue weighted by atomic mass is 31.2. The minimum Gasteiger partial charge on any atom is -0.394 e. The lowest BCUT2D eigenvalue weighted by Gasteiger charge is -2.45. The van der Waals surface area contributed by atoms with Crippen LogP contribution >= 0.6 is 7.82 Å². The van der Waals surface area contributed by atoms with Crippen molar-refractivity contribution in [1.82, 2.24) is 0 Å². The summed E-state index contributed by atoms with van der Waals surface area (Å²) in [4.78, 5) is 10.4. The van der Waals surface area contributed by atoms with Crippen LogP contribution in [-0.4, -0.2) is 196 Å². The zero-order valence-electron chi connectivity index (χ0n) is 24.0. The molecular weight excluding hydrogens is 643 g/mol. The molecule has 0 saturated carbocycles. The van der Waals surface area contributed by atoms with E-state index in [1.54, 1.807) is 0 Å². The van der Waals surface area contributed by atoms with Crippen molar-refractivity contribution < 1.29 is 103 Å². The monoisotopic (exact) mass is 686 g/mol. The first-order chi connectivity index (χ1) is 20.9. The molecule has 0 aromatic rings. The molecule has 21 nitrogen and oxygen atoms in total. The Morgan fingerprint density at radius 3 is 1.91 bits per heavy atom. The smallest absolute Gasteiger partial charge is 0.394 e. The summed E-state index contributed by atoms with van der Waals surface area (Å²) in [5, 5.41) is 120. The van der Waals surface area contributed by atoms with Gasteiger partial charge in [-0.3, -0.25) is 9.05 Å². The second kappa shape index (κ2) is 16.2. The van der Waals surface area contributed by atoms with Crippen LogP contribution in [0.4, 0.5) is 0 Å². The lowest BCUT2D eigenvalue weighted by Crippen LogP contribution is -2.64. The molecule has 0 aromatic carbocycles. The van der Waals surface area contributed by atoms with Gasteiger partial charge in [0.25, 0.3) is 0 Å². The van der Waals surface area contributed by atoms with E-state index in [2.05, 4.69) is 0 Å². The molecule has 13 N–H and O–H groups in total. The second-order valence-electron chi connectivity index (χ2n) is 11.0. The van der Waals surface area contributed by atoms with Crippen molar-refractivity contribution in [3.63, 3.8) is 0 Å². The third kappa shape index (κ3) is 9.12. The number of ether oxygens (including phenoxy) is 5. The van der Waals surface area contributed by atoms with Crippen molar-refractivity contribution in [3.05, 3.63) is 0 Å². The van der Waals surface area contributed by atoms with Crippen molar-refractivity contribution in [2.24, 2.45) is 0 Å². The summed E-state index contributed by atoms with van der Waals surface area (Å²) >= 11 is 0. The predicted molar refractivity (Wildman–Crippen MR) is 138 cm³/mol. The van der Waals surface area contributed by atoms with E-state index in [1.807, 2.05) is 0 Å². The maximum Gasteiger partial charge on any atom is 0.472 e. The highest BCUT2D eigenvalue weighted by molar-refractivity contribution is 7.47. The van der Waals surface area contributed by atoms with E-state index in [1.165, 1.54) is 13.8 Å². The molecule has 0 amide bonds. The lowest BCUT2D eigenvalue weighted by atomic mass is 9.97. The van der Waals surface area contributed by atoms with E-state index in [0.29, 0.717) is 0 Å².